The molecule has 3 rings (SSSR count). The highest BCUT2D eigenvalue weighted by Gasteiger charge is 2.21. The molecule has 0 radical (unpaired) electrons. The fraction of sp³-hybridized carbons (Fsp3) is 0.263. The molecule has 3 aromatic rings. The molecular weight excluding hydrogens is 318 g/mol. The Morgan fingerprint density at radius 2 is 1.96 bits per heavy atom. The smallest absolute Gasteiger partial charge is 0.274 e. The summed E-state index contributed by atoms with van der Waals surface area (Å²) in [5.41, 5.74) is 3.51. The van der Waals surface area contributed by atoms with Crippen LogP contribution in [0, 0.1) is 6.92 Å². The van der Waals surface area contributed by atoms with Crippen LogP contribution in [0.2, 0.25) is 0 Å². The summed E-state index contributed by atoms with van der Waals surface area (Å²) in [6, 6.07) is 9.31. The van der Waals surface area contributed by atoms with Gasteiger partial charge in [0, 0.05) is 6.20 Å². The predicted octanol–water partition coefficient (Wildman–Crippen LogP) is 3.47. The summed E-state index contributed by atoms with van der Waals surface area (Å²) in [5, 5.41) is 2.94. The van der Waals surface area contributed by atoms with Gasteiger partial charge in [0.2, 0.25) is 0 Å². The lowest BCUT2D eigenvalue weighted by Crippen LogP contribution is -2.17. The third-order valence-corrected chi connectivity index (χ3v) is 4.06. The number of fused-ring (bicyclic) bond motifs is 1. The minimum absolute atomic E-state index is 0.235. The van der Waals surface area contributed by atoms with Crippen LogP contribution in [0.1, 0.15) is 28.7 Å². The predicted molar refractivity (Wildman–Crippen MR) is 96.8 cm³/mol. The van der Waals surface area contributed by atoms with Crippen molar-refractivity contribution in [1.29, 1.82) is 0 Å². The van der Waals surface area contributed by atoms with Gasteiger partial charge in [0.1, 0.15) is 11.4 Å². The number of rotatable bonds is 5. The monoisotopic (exact) mass is 339 g/mol. The Balaban J connectivity index is 2.07. The number of carbonyl (C=O) groups excluding carboxylic acids is 1. The minimum atomic E-state index is -0.235. The van der Waals surface area contributed by atoms with E-state index in [1.807, 2.05) is 50.4 Å². The maximum absolute atomic E-state index is 13.0. The van der Waals surface area contributed by atoms with Gasteiger partial charge in [-0.05, 0) is 43.2 Å². The molecule has 0 atom stereocenters. The van der Waals surface area contributed by atoms with Crippen molar-refractivity contribution >= 4 is 17.2 Å². The lowest BCUT2D eigenvalue weighted by atomic mass is 10.2. The van der Waals surface area contributed by atoms with Crippen LogP contribution >= 0.6 is 0 Å². The molecule has 25 heavy (non-hydrogen) atoms. The van der Waals surface area contributed by atoms with Crippen molar-refractivity contribution in [2.75, 3.05) is 19.5 Å². The number of amides is 1. The van der Waals surface area contributed by atoms with E-state index < -0.39 is 0 Å². The van der Waals surface area contributed by atoms with Crippen molar-refractivity contribution in [2.24, 2.45) is 0 Å². The van der Waals surface area contributed by atoms with Gasteiger partial charge >= 0.3 is 0 Å². The summed E-state index contributed by atoms with van der Waals surface area (Å²) in [6.45, 7) is 3.93. The highest BCUT2D eigenvalue weighted by Crippen LogP contribution is 2.27. The zero-order chi connectivity index (χ0) is 18.0. The van der Waals surface area contributed by atoms with E-state index in [1.54, 1.807) is 18.6 Å². The molecule has 0 aliphatic rings. The number of hydrogen-bond acceptors (Lipinski definition) is 4. The number of ether oxygens (including phenoxy) is 2. The third kappa shape index (κ3) is 3.03. The van der Waals surface area contributed by atoms with E-state index in [2.05, 4.69) is 10.3 Å². The SMILES string of the molecule is CCc1nc2c(OC)cccn2c1C(=O)Nc1cc(C)ccc1OC. The normalized spacial score (nSPS) is 10.7. The summed E-state index contributed by atoms with van der Waals surface area (Å²) in [5.74, 6) is 1.01. The summed E-state index contributed by atoms with van der Waals surface area (Å²) < 4.78 is 12.5. The molecule has 0 bridgehead atoms. The molecule has 6 heteroatoms. The number of hydrogen-bond donors (Lipinski definition) is 1. The first-order chi connectivity index (χ1) is 12.1. The molecule has 1 N–H and O–H groups in total. The van der Waals surface area contributed by atoms with Crippen LogP contribution in [0.25, 0.3) is 5.65 Å². The lowest BCUT2D eigenvalue weighted by Gasteiger charge is -2.11. The molecule has 0 aliphatic heterocycles. The fourth-order valence-corrected chi connectivity index (χ4v) is 2.84. The van der Waals surface area contributed by atoms with E-state index in [0.29, 0.717) is 40.6 Å². The van der Waals surface area contributed by atoms with E-state index in [9.17, 15) is 4.79 Å². The van der Waals surface area contributed by atoms with Gasteiger partial charge in [-0.15, -0.1) is 0 Å². The van der Waals surface area contributed by atoms with Gasteiger partial charge in [0.15, 0.2) is 11.4 Å². The number of pyridine rings is 1. The maximum atomic E-state index is 13.0. The summed E-state index contributed by atoms with van der Waals surface area (Å²) in [6.07, 6.45) is 2.45. The average molecular weight is 339 g/mol. The van der Waals surface area contributed by atoms with Gasteiger partial charge in [-0.3, -0.25) is 9.20 Å². The standard InChI is InChI=1S/C19H21N3O3/c1-5-13-17(22-10-6-7-16(25-4)18(22)20-13)19(23)21-14-11-12(2)8-9-15(14)24-3/h6-11H,5H2,1-4H3,(H,21,23). The van der Waals surface area contributed by atoms with Crippen molar-refractivity contribution in [2.45, 2.75) is 20.3 Å². The number of carbonyl (C=O) groups is 1. The van der Waals surface area contributed by atoms with Crippen LogP contribution < -0.4 is 14.8 Å². The van der Waals surface area contributed by atoms with E-state index in [0.717, 1.165) is 5.56 Å². The van der Waals surface area contributed by atoms with Gasteiger partial charge in [-0.2, -0.15) is 0 Å². The average Bonchev–Trinajstić information content (AvgIpc) is 3.00. The lowest BCUT2D eigenvalue weighted by molar-refractivity contribution is 0.102. The van der Waals surface area contributed by atoms with Crippen molar-refractivity contribution in [3.8, 4) is 11.5 Å². The Bertz CT molecular complexity index is 931. The topological polar surface area (TPSA) is 64.9 Å². The van der Waals surface area contributed by atoms with Crippen LogP contribution in [0.15, 0.2) is 36.5 Å². The molecule has 0 unspecified atom stereocenters. The Labute approximate surface area is 146 Å². The van der Waals surface area contributed by atoms with E-state index in [1.165, 1.54) is 0 Å². The molecule has 1 aromatic carbocycles. The quantitative estimate of drug-likeness (QED) is 0.773. The number of aryl methyl sites for hydroxylation is 2. The van der Waals surface area contributed by atoms with Gasteiger partial charge in [0.05, 0.1) is 25.6 Å². The Morgan fingerprint density at radius 1 is 1.20 bits per heavy atom. The largest absolute Gasteiger partial charge is 0.495 e. The van der Waals surface area contributed by atoms with Crippen molar-refractivity contribution in [1.82, 2.24) is 9.38 Å². The Morgan fingerprint density at radius 3 is 2.64 bits per heavy atom. The maximum Gasteiger partial charge on any atom is 0.274 e. The zero-order valence-corrected chi connectivity index (χ0v) is 14.8. The van der Waals surface area contributed by atoms with Crippen molar-refractivity contribution in [3.63, 3.8) is 0 Å². The molecule has 0 saturated heterocycles. The number of aromatic nitrogens is 2. The molecule has 2 aromatic heterocycles. The second kappa shape index (κ2) is 6.84. The fourth-order valence-electron chi connectivity index (χ4n) is 2.84. The van der Waals surface area contributed by atoms with Crippen LogP contribution in [0.4, 0.5) is 5.69 Å². The number of benzene rings is 1. The van der Waals surface area contributed by atoms with E-state index >= 15 is 0 Å². The van der Waals surface area contributed by atoms with E-state index in [-0.39, 0.29) is 5.91 Å². The summed E-state index contributed by atoms with van der Waals surface area (Å²) >= 11 is 0. The molecule has 1 amide bonds. The summed E-state index contributed by atoms with van der Waals surface area (Å²) in [4.78, 5) is 17.6. The highest BCUT2D eigenvalue weighted by molar-refractivity contribution is 6.05. The molecule has 0 aliphatic carbocycles. The number of nitrogens with one attached hydrogen (secondary N) is 1. The molecular formula is C19H21N3O3. The molecule has 0 saturated carbocycles. The minimum Gasteiger partial charge on any atom is -0.495 e. The van der Waals surface area contributed by atoms with Crippen LogP contribution in [0.3, 0.4) is 0 Å². The second-order valence-electron chi connectivity index (χ2n) is 5.69. The molecule has 0 fully saturated rings. The zero-order valence-electron chi connectivity index (χ0n) is 14.8. The number of methoxy groups -OCH3 is 2. The van der Waals surface area contributed by atoms with Gasteiger partial charge in [-0.25, -0.2) is 4.98 Å². The summed E-state index contributed by atoms with van der Waals surface area (Å²) in [7, 11) is 3.17. The van der Waals surface area contributed by atoms with Gasteiger partial charge in [0.25, 0.3) is 5.91 Å². The first kappa shape index (κ1) is 16.8. The van der Waals surface area contributed by atoms with E-state index in [4.69, 9.17) is 9.47 Å². The molecule has 2 heterocycles. The Hall–Kier alpha value is -3.02. The molecule has 130 valence electrons. The molecule has 6 nitrogen and oxygen atoms in total. The third-order valence-electron chi connectivity index (χ3n) is 4.06. The molecule has 0 spiro atoms. The van der Waals surface area contributed by atoms with Crippen molar-refractivity contribution < 1.29 is 14.3 Å². The van der Waals surface area contributed by atoms with Gasteiger partial charge < -0.3 is 14.8 Å². The highest BCUT2D eigenvalue weighted by atomic mass is 16.5. The number of imidazole rings is 1. The number of anilines is 1. The van der Waals surface area contributed by atoms with Crippen molar-refractivity contribution in [3.05, 3.63) is 53.5 Å². The first-order valence-corrected chi connectivity index (χ1v) is 8.09. The van der Waals surface area contributed by atoms with Gasteiger partial charge in [-0.1, -0.05) is 13.0 Å². The van der Waals surface area contributed by atoms with Crippen LogP contribution in [-0.4, -0.2) is 29.5 Å². The van der Waals surface area contributed by atoms with Crippen LogP contribution in [-0.2, 0) is 6.42 Å². The number of nitrogens with zero attached hydrogens (tertiary/aromatic N) is 2. The second-order valence-corrected chi connectivity index (χ2v) is 5.69. The van der Waals surface area contributed by atoms with Crippen LogP contribution in [0.5, 0.6) is 11.5 Å². The Kier molecular flexibility index (Phi) is 4.61. The first-order valence-electron chi connectivity index (χ1n) is 8.09.